The van der Waals surface area contributed by atoms with Gasteiger partial charge in [-0.25, -0.2) is 4.98 Å². The second kappa shape index (κ2) is 11.1. The van der Waals surface area contributed by atoms with E-state index in [9.17, 15) is 0 Å². The molecule has 1 heterocycles. The molecule has 0 amide bonds. The molecule has 6 nitrogen and oxygen atoms in total. The minimum atomic E-state index is 0. The maximum Gasteiger partial charge on any atom is 0.193 e. The van der Waals surface area contributed by atoms with Gasteiger partial charge in [-0.15, -0.1) is 35.3 Å². The molecule has 0 aliphatic rings. The Bertz CT molecular complexity index is 661. The van der Waals surface area contributed by atoms with Gasteiger partial charge in [-0.3, -0.25) is 4.99 Å². The first-order valence-electron chi connectivity index (χ1n) is 7.72. The molecular weight excluding hydrogens is 451 g/mol. The predicted molar refractivity (Wildman–Crippen MR) is 114 cm³/mol. The number of aromatic nitrogens is 1. The van der Waals surface area contributed by atoms with E-state index in [1.807, 2.05) is 43.1 Å². The summed E-state index contributed by atoms with van der Waals surface area (Å²) in [6.45, 7) is 3.95. The molecule has 25 heavy (non-hydrogen) atoms. The quantitative estimate of drug-likeness (QED) is 0.288. The van der Waals surface area contributed by atoms with Gasteiger partial charge in [-0.1, -0.05) is 0 Å². The monoisotopic (exact) mass is 476 g/mol. The molecule has 0 radical (unpaired) electrons. The van der Waals surface area contributed by atoms with Crippen molar-refractivity contribution >= 4 is 41.3 Å². The number of hydrogen-bond acceptors (Lipinski definition) is 5. The van der Waals surface area contributed by atoms with Crippen molar-refractivity contribution < 1.29 is 9.47 Å². The zero-order valence-electron chi connectivity index (χ0n) is 15.0. The molecule has 0 saturated carbocycles. The van der Waals surface area contributed by atoms with E-state index in [0.717, 1.165) is 34.7 Å². The number of rotatable bonds is 7. The number of benzene rings is 1. The highest BCUT2D eigenvalue weighted by molar-refractivity contribution is 14.0. The average molecular weight is 476 g/mol. The lowest BCUT2D eigenvalue weighted by Crippen LogP contribution is -2.40. The summed E-state index contributed by atoms with van der Waals surface area (Å²) >= 11 is 1.66. The Morgan fingerprint density at radius 2 is 1.96 bits per heavy atom. The van der Waals surface area contributed by atoms with Gasteiger partial charge >= 0.3 is 0 Å². The number of aliphatic imine (C=N–C) groups is 1. The molecule has 0 unspecified atom stereocenters. The molecule has 1 N–H and O–H groups in total. The largest absolute Gasteiger partial charge is 0.497 e. The number of thiazole rings is 1. The summed E-state index contributed by atoms with van der Waals surface area (Å²) in [5.41, 5.74) is 1.05. The summed E-state index contributed by atoms with van der Waals surface area (Å²) in [6, 6.07) is 7.55. The Labute approximate surface area is 170 Å². The van der Waals surface area contributed by atoms with Crippen LogP contribution in [0, 0.1) is 6.92 Å². The van der Waals surface area contributed by atoms with Gasteiger partial charge in [0.25, 0.3) is 0 Å². The fourth-order valence-corrected chi connectivity index (χ4v) is 2.79. The molecule has 0 atom stereocenters. The van der Waals surface area contributed by atoms with Crippen molar-refractivity contribution in [3.63, 3.8) is 0 Å². The smallest absolute Gasteiger partial charge is 0.193 e. The highest BCUT2D eigenvalue weighted by Gasteiger charge is 2.08. The molecule has 0 aliphatic carbocycles. The molecule has 138 valence electrons. The number of halogens is 1. The summed E-state index contributed by atoms with van der Waals surface area (Å²) in [6.07, 6.45) is 0. The molecule has 8 heteroatoms. The second-order valence-corrected chi connectivity index (χ2v) is 6.27. The maximum absolute atomic E-state index is 5.70. The SMILES string of the molecule is CN=C(NCCOc1ccc(OC)cc1)N(C)Cc1csc(C)n1.I. The van der Waals surface area contributed by atoms with Crippen molar-refractivity contribution in [1.82, 2.24) is 15.2 Å². The number of ether oxygens (including phenoxy) is 2. The van der Waals surface area contributed by atoms with E-state index in [0.29, 0.717) is 13.2 Å². The Kier molecular flexibility index (Phi) is 9.58. The van der Waals surface area contributed by atoms with Gasteiger partial charge in [-0.05, 0) is 31.2 Å². The van der Waals surface area contributed by atoms with Crippen LogP contribution in [0.25, 0.3) is 0 Å². The lowest BCUT2D eigenvalue weighted by atomic mass is 10.3. The van der Waals surface area contributed by atoms with Gasteiger partial charge in [0, 0.05) is 19.5 Å². The van der Waals surface area contributed by atoms with Crippen LogP contribution < -0.4 is 14.8 Å². The molecule has 1 aromatic carbocycles. The third-order valence-corrected chi connectivity index (χ3v) is 4.17. The van der Waals surface area contributed by atoms with E-state index in [2.05, 4.69) is 20.7 Å². The standard InChI is InChI=1S/C17H24N4O2S.HI/c1-13-20-14(12-24-13)11-21(3)17(18-2)19-9-10-23-16-7-5-15(22-4)6-8-16;/h5-8,12H,9-11H2,1-4H3,(H,18,19);1H. The van der Waals surface area contributed by atoms with Crippen molar-refractivity contribution in [1.29, 1.82) is 0 Å². The topological polar surface area (TPSA) is 59.0 Å². The molecule has 2 rings (SSSR count). The van der Waals surface area contributed by atoms with Crippen LogP contribution >= 0.6 is 35.3 Å². The molecule has 0 spiro atoms. The van der Waals surface area contributed by atoms with Gasteiger partial charge in [0.15, 0.2) is 5.96 Å². The van der Waals surface area contributed by atoms with Gasteiger partial charge in [-0.2, -0.15) is 0 Å². The summed E-state index contributed by atoms with van der Waals surface area (Å²) < 4.78 is 10.8. The molecule has 0 aliphatic heterocycles. The molecular formula is C17H25IN4O2S. The highest BCUT2D eigenvalue weighted by Crippen LogP contribution is 2.16. The number of nitrogens with one attached hydrogen (secondary N) is 1. The van der Waals surface area contributed by atoms with Crippen molar-refractivity contribution in [3.05, 3.63) is 40.3 Å². The van der Waals surface area contributed by atoms with Crippen LogP contribution in [0.4, 0.5) is 0 Å². The average Bonchev–Trinajstić information content (AvgIpc) is 3.00. The number of hydrogen-bond donors (Lipinski definition) is 1. The molecule has 0 fully saturated rings. The zero-order chi connectivity index (χ0) is 17.4. The van der Waals surface area contributed by atoms with Crippen LogP contribution in [0.3, 0.4) is 0 Å². The fraction of sp³-hybridized carbons (Fsp3) is 0.412. The van der Waals surface area contributed by atoms with E-state index >= 15 is 0 Å². The third-order valence-electron chi connectivity index (χ3n) is 3.35. The van der Waals surface area contributed by atoms with E-state index in [1.165, 1.54) is 0 Å². The van der Waals surface area contributed by atoms with Crippen LogP contribution in [-0.4, -0.2) is 50.2 Å². The van der Waals surface area contributed by atoms with Crippen LogP contribution in [-0.2, 0) is 6.54 Å². The first-order chi connectivity index (χ1) is 11.6. The van der Waals surface area contributed by atoms with E-state index in [4.69, 9.17) is 9.47 Å². The number of nitrogens with zero attached hydrogens (tertiary/aromatic N) is 3. The summed E-state index contributed by atoms with van der Waals surface area (Å²) in [4.78, 5) is 10.8. The lowest BCUT2D eigenvalue weighted by molar-refractivity contribution is 0.318. The Balaban J connectivity index is 0.00000312. The molecule has 0 bridgehead atoms. The third kappa shape index (κ3) is 7.07. The summed E-state index contributed by atoms with van der Waals surface area (Å²) in [5, 5.41) is 6.44. The fourth-order valence-electron chi connectivity index (χ4n) is 2.19. The van der Waals surface area contributed by atoms with Crippen LogP contribution in [0.15, 0.2) is 34.6 Å². The molecule has 1 aromatic heterocycles. The second-order valence-electron chi connectivity index (χ2n) is 5.21. The number of guanidine groups is 1. The van der Waals surface area contributed by atoms with Crippen molar-refractivity contribution in [2.45, 2.75) is 13.5 Å². The van der Waals surface area contributed by atoms with Crippen LogP contribution in [0.1, 0.15) is 10.7 Å². The first-order valence-corrected chi connectivity index (χ1v) is 8.60. The van der Waals surface area contributed by atoms with Gasteiger partial charge in [0.1, 0.15) is 18.1 Å². The number of aryl methyl sites for hydroxylation is 1. The van der Waals surface area contributed by atoms with Crippen molar-refractivity contribution in [2.24, 2.45) is 4.99 Å². The van der Waals surface area contributed by atoms with Crippen LogP contribution in [0.2, 0.25) is 0 Å². The minimum Gasteiger partial charge on any atom is -0.497 e. The molecule has 2 aromatic rings. The van der Waals surface area contributed by atoms with Crippen LogP contribution in [0.5, 0.6) is 11.5 Å². The normalized spacial score (nSPS) is 10.8. The summed E-state index contributed by atoms with van der Waals surface area (Å²) in [7, 11) is 5.42. The molecule has 0 saturated heterocycles. The van der Waals surface area contributed by atoms with Crippen molar-refractivity contribution in [3.8, 4) is 11.5 Å². The van der Waals surface area contributed by atoms with E-state index < -0.39 is 0 Å². The summed E-state index contributed by atoms with van der Waals surface area (Å²) in [5.74, 6) is 2.46. The maximum atomic E-state index is 5.70. The first kappa shape index (κ1) is 21.5. The van der Waals surface area contributed by atoms with Gasteiger partial charge in [0.05, 0.1) is 30.9 Å². The van der Waals surface area contributed by atoms with Gasteiger partial charge < -0.3 is 19.7 Å². The van der Waals surface area contributed by atoms with E-state index in [-0.39, 0.29) is 24.0 Å². The Morgan fingerprint density at radius 1 is 1.28 bits per heavy atom. The Hall–Kier alpha value is -1.55. The van der Waals surface area contributed by atoms with E-state index in [1.54, 1.807) is 25.5 Å². The predicted octanol–water partition coefficient (Wildman–Crippen LogP) is 3.16. The van der Waals surface area contributed by atoms with Gasteiger partial charge in [0.2, 0.25) is 0 Å². The lowest BCUT2D eigenvalue weighted by Gasteiger charge is -2.21. The minimum absolute atomic E-state index is 0. The number of methoxy groups -OCH3 is 1. The highest BCUT2D eigenvalue weighted by atomic mass is 127. The van der Waals surface area contributed by atoms with Crippen molar-refractivity contribution in [2.75, 3.05) is 34.4 Å². The zero-order valence-corrected chi connectivity index (χ0v) is 18.1. The Morgan fingerprint density at radius 3 is 2.52 bits per heavy atom.